The summed E-state index contributed by atoms with van der Waals surface area (Å²) in [5, 5.41) is 5.00. The molecule has 0 saturated carbocycles. The SMILES string of the molecule is Cn1ccc(C(=O)N[C@@H](c2ccccc2)c2cccs2)cc1=O. The largest absolute Gasteiger partial charge is 0.340 e. The van der Waals surface area contributed by atoms with Crippen molar-refractivity contribution in [2.75, 3.05) is 0 Å². The Balaban J connectivity index is 1.91. The average Bonchev–Trinajstić information content (AvgIpc) is 3.10. The average molecular weight is 324 g/mol. The molecule has 3 rings (SSSR count). The molecule has 1 N–H and O–H groups in total. The van der Waals surface area contributed by atoms with Gasteiger partial charge in [-0.3, -0.25) is 9.59 Å². The number of carbonyl (C=O) groups is 1. The summed E-state index contributed by atoms with van der Waals surface area (Å²) in [5.74, 6) is -0.259. The molecular weight excluding hydrogens is 308 g/mol. The van der Waals surface area contributed by atoms with E-state index in [9.17, 15) is 9.59 Å². The Kier molecular flexibility index (Phi) is 4.39. The van der Waals surface area contributed by atoms with Crippen LogP contribution in [0.3, 0.4) is 0 Å². The number of amides is 1. The maximum absolute atomic E-state index is 12.5. The lowest BCUT2D eigenvalue weighted by molar-refractivity contribution is 0.0943. The Hall–Kier alpha value is -2.66. The number of hydrogen-bond acceptors (Lipinski definition) is 3. The normalized spacial score (nSPS) is 11.9. The molecule has 1 aromatic carbocycles. The molecule has 0 aliphatic heterocycles. The van der Waals surface area contributed by atoms with Crippen molar-refractivity contribution in [1.29, 1.82) is 0 Å². The van der Waals surface area contributed by atoms with Crippen molar-refractivity contribution in [1.82, 2.24) is 9.88 Å². The van der Waals surface area contributed by atoms with E-state index in [2.05, 4.69) is 5.32 Å². The second kappa shape index (κ2) is 6.62. The topological polar surface area (TPSA) is 51.1 Å². The summed E-state index contributed by atoms with van der Waals surface area (Å²) in [6.45, 7) is 0. The number of hydrogen-bond donors (Lipinski definition) is 1. The number of benzene rings is 1. The number of aromatic nitrogens is 1. The van der Waals surface area contributed by atoms with Crippen LogP contribution in [-0.4, -0.2) is 10.5 Å². The number of rotatable bonds is 4. The minimum absolute atomic E-state index is 0.204. The van der Waals surface area contributed by atoms with Crippen LogP contribution in [0.15, 0.2) is 71.0 Å². The minimum atomic E-state index is -0.259. The maximum Gasteiger partial charge on any atom is 0.252 e. The lowest BCUT2D eigenvalue weighted by Crippen LogP contribution is -2.30. The Bertz CT molecular complexity index is 854. The van der Waals surface area contributed by atoms with Crippen molar-refractivity contribution in [2.45, 2.75) is 6.04 Å². The van der Waals surface area contributed by atoms with Crippen LogP contribution in [0.25, 0.3) is 0 Å². The summed E-state index contributed by atoms with van der Waals surface area (Å²) in [5.41, 5.74) is 1.17. The van der Waals surface area contributed by atoms with Gasteiger partial charge in [0.15, 0.2) is 0 Å². The smallest absolute Gasteiger partial charge is 0.252 e. The van der Waals surface area contributed by atoms with Crippen molar-refractivity contribution in [3.8, 4) is 0 Å². The summed E-state index contributed by atoms with van der Waals surface area (Å²) in [4.78, 5) is 25.3. The van der Waals surface area contributed by atoms with Crippen LogP contribution in [0.1, 0.15) is 26.8 Å². The molecule has 1 amide bonds. The van der Waals surface area contributed by atoms with Crippen LogP contribution in [0.5, 0.6) is 0 Å². The maximum atomic E-state index is 12.5. The van der Waals surface area contributed by atoms with Gasteiger partial charge in [-0.15, -0.1) is 11.3 Å². The zero-order valence-electron chi connectivity index (χ0n) is 12.6. The first kappa shape index (κ1) is 15.2. The van der Waals surface area contributed by atoms with Crippen molar-refractivity contribution < 1.29 is 4.79 Å². The molecule has 0 fully saturated rings. The van der Waals surface area contributed by atoms with E-state index in [4.69, 9.17) is 0 Å². The van der Waals surface area contributed by atoms with Crippen LogP contribution in [0, 0.1) is 0 Å². The van der Waals surface area contributed by atoms with Crippen LogP contribution < -0.4 is 10.9 Å². The molecule has 1 atom stereocenters. The molecule has 116 valence electrons. The summed E-state index contributed by atoms with van der Waals surface area (Å²) in [6, 6.07) is 16.5. The molecule has 3 aromatic rings. The molecular formula is C18H16N2O2S. The first-order valence-corrected chi connectivity index (χ1v) is 8.09. The fraction of sp³-hybridized carbons (Fsp3) is 0.111. The number of nitrogens with one attached hydrogen (secondary N) is 1. The summed E-state index contributed by atoms with van der Waals surface area (Å²) < 4.78 is 1.44. The Morgan fingerprint density at radius 3 is 2.57 bits per heavy atom. The zero-order valence-corrected chi connectivity index (χ0v) is 13.4. The van der Waals surface area contributed by atoms with Gasteiger partial charge < -0.3 is 9.88 Å². The van der Waals surface area contributed by atoms with Crippen molar-refractivity contribution in [2.24, 2.45) is 7.05 Å². The van der Waals surface area contributed by atoms with Crippen LogP contribution in [0.2, 0.25) is 0 Å². The molecule has 5 heteroatoms. The minimum Gasteiger partial charge on any atom is -0.340 e. The molecule has 2 aromatic heterocycles. The first-order valence-electron chi connectivity index (χ1n) is 7.21. The van der Waals surface area contributed by atoms with Crippen molar-refractivity contribution in [3.63, 3.8) is 0 Å². The third-order valence-electron chi connectivity index (χ3n) is 3.60. The Morgan fingerprint density at radius 1 is 1.13 bits per heavy atom. The predicted octanol–water partition coefficient (Wildman–Crippen LogP) is 2.97. The molecule has 0 aliphatic rings. The van der Waals surface area contributed by atoms with Gasteiger partial charge >= 0.3 is 0 Å². The van der Waals surface area contributed by atoms with E-state index < -0.39 is 0 Å². The predicted molar refractivity (Wildman–Crippen MR) is 91.8 cm³/mol. The standard InChI is InChI=1S/C18H16N2O2S/c1-20-10-9-14(12-16(20)21)18(22)19-17(15-8-5-11-23-15)13-6-3-2-4-7-13/h2-12,17H,1H3,(H,19,22)/t17-/m0/s1. The van der Waals surface area contributed by atoms with Gasteiger partial charge in [0.05, 0.1) is 6.04 Å². The van der Waals surface area contributed by atoms with Crippen LogP contribution in [0.4, 0.5) is 0 Å². The monoisotopic (exact) mass is 324 g/mol. The van der Waals surface area contributed by atoms with E-state index in [1.807, 2.05) is 47.8 Å². The zero-order chi connectivity index (χ0) is 16.2. The van der Waals surface area contributed by atoms with Gasteiger partial charge in [-0.2, -0.15) is 0 Å². The van der Waals surface area contributed by atoms with Gasteiger partial charge in [0.2, 0.25) is 0 Å². The summed E-state index contributed by atoms with van der Waals surface area (Å²) in [7, 11) is 1.66. The molecule has 0 bridgehead atoms. The second-order valence-electron chi connectivity index (χ2n) is 5.20. The second-order valence-corrected chi connectivity index (χ2v) is 6.18. The van der Waals surface area contributed by atoms with Crippen molar-refractivity contribution in [3.05, 3.63) is 92.5 Å². The van der Waals surface area contributed by atoms with E-state index >= 15 is 0 Å². The van der Waals surface area contributed by atoms with E-state index in [1.165, 1.54) is 10.6 Å². The van der Waals surface area contributed by atoms with E-state index in [-0.39, 0.29) is 17.5 Å². The highest BCUT2D eigenvalue weighted by Crippen LogP contribution is 2.26. The quantitative estimate of drug-likeness (QED) is 0.802. The summed E-state index contributed by atoms with van der Waals surface area (Å²) >= 11 is 1.59. The molecule has 0 aliphatic carbocycles. The molecule has 2 heterocycles. The molecule has 0 saturated heterocycles. The van der Waals surface area contributed by atoms with Crippen molar-refractivity contribution >= 4 is 17.2 Å². The number of pyridine rings is 1. The molecule has 0 spiro atoms. The van der Waals surface area contributed by atoms with Gasteiger partial charge in [-0.1, -0.05) is 36.4 Å². The van der Waals surface area contributed by atoms with Crippen LogP contribution in [-0.2, 0) is 7.05 Å². The molecule has 0 unspecified atom stereocenters. The Morgan fingerprint density at radius 2 is 1.91 bits per heavy atom. The van der Waals surface area contributed by atoms with Gasteiger partial charge in [0.25, 0.3) is 11.5 Å². The molecule has 23 heavy (non-hydrogen) atoms. The number of thiophene rings is 1. The van der Waals surface area contributed by atoms with Gasteiger partial charge in [0.1, 0.15) is 0 Å². The molecule has 4 nitrogen and oxygen atoms in total. The summed E-state index contributed by atoms with van der Waals surface area (Å²) in [6.07, 6.45) is 1.60. The highest BCUT2D eigenvalue weighted by Gasteiger charge is 2.18. The van der Waals surface area contributed by atoms with Gasteiger partial charge in [-0.25, -0.2) is 0 Å². The number of nitrogens with zero attached hydrogens (tertiary/aromatic N) is 1. The fourth-order valence-electron chi connectivity index (χ4n) is 2.32. The van der Waals surface area contributed by atoms with Crippen LogP contribution >= 0.6 is 11.3 Å². The number of aryl methyl sites for hydroxylation is 1. The van der Waals surface area contributed by atoms with E-state index in [0.29, 0.717) is 5.56 Å². The van der Waals surface area contributed by atoms with E-state index in [0.717, 1.165) is 10.4 Å². The van der Waals surface area contributed by atoms with Gasteiger partial charge in [0, 0.05) is 29.8 Å². The molecule has 0 radical (unpaired) electrons. The highest BCUT2D eigenvalue weighted by atomic mass is 32.1. The highest BCUT2D eigenvalue weighted by molar-refractivity contribution is 7.10. The van der Waals surface area contributed by atoms with Gasteiger partial charge in [-0.05, 0) is 23.1 Å². The lowest BCUT2D eigenvalue weighted by atomic mass is 10.0. The third kappa shape index (κ3) is 3.40. The van der Waals surface area contributed by atoms with E-state index in [1.54, 1.807) is 30.6 Å². The number of carbonyl (C=O) groups excluding carboxylic acids is 1. The lowest BCUT2D eigenvalue weighted by Gasteiger charge is -2.18. The third-order valence-corrected chi connectivity index (χ3v) is 4.54. The fourth-order valence-corrected chi connectivity index (χ4v) is 3.13. The first-order chi connectivity index (χ1) is 11.1. The Labute approximate surface area is 138 Å².